The average molecular weight is 258 g/mol. The van der Waals surface area contributed by atoms with E-state index in [9.17, 15) is 9.59 Å². The zero-order chi connectivity index (χ0) is 14.0. The fourth-order valence-corrected chi connectivity index (χ4v) is 2.15. The average Bonchev–Trinajstić information content (AvgIpc) is 2.34. The Morgan fingerprint density at radius 2 is 1.61 bits per heavy atom. The van der Waals surface area contributed by atoms with Gasteiger partial charge >= 0.3 is 11.9 Å². The van der Waals surface area contributed by atoms with E-state index in [1.54, 1.807) is 13.8 Å². The predicted molar refractivity (Wildman–Crippen MR) is 70.1 cm³/mol. The fourth-order valence-electron chi connectivity index (χ4n) is 2.15. The molecule has 0 N–H and O–H groups in total. The van der Waals surface area contributed by atoms with Crippen molar-refractivity contribution in [1.82, 2.24) is 0 Å². The Bertz CT molecular complexity index is 250. The van der Waals surface area contributed by atoms with Gasteiger partial charge in [-0.15, -0.1) is 0 Å². The second kappa shape index (κ2) is 9.92. The van der Waals surface area contributed by atoms with Crippen LogP contribution in [0.3, 0.4) is 0 Å². The fraction of sp³-hybridized carbons (Fsp3) is 0.857. The van der Waals surface area contributed by atoms with Gasteiger partial charge < -0.3 is 9.47 Å². The first-order chi connectivity index (χ1) is 8.60. The summed E-state index contributed by atoms with van der Waals surface area (Å²) in [5, 5.41) is 0. The highest BCUT2D eigenvalue weighted by molar-refractivity contribution is 5.80. The lowest BCUT2D eigenvalue weighted by molar-refractivity contribution is -0.157. The molecule has 2 unspecified atom stereocenters. The number of esters is 2. The van der Waals surface area contributed by atoms with Crippen LogP contribution in [0.15, 0.2) is 0 Å². The number of rotatable bonds is 9. The molecule has 0 aliphatic carbocycles. The third kappa shape index (κ3) is 6.03. The first-order valence-corrected chi connectivity index (χ1v) is 6.92. The van der Waals surface area contributed by atoms with Crippen LogP contribution >= 0.6 is 0 Å². The molecule has 0 aliphatic rings. The molecule has 4 nitrogen and oxygen atoms in total. The van der Waals surface area contributed by atoms with Gasteiger partial charge in [0.2, 0.25) is 0 Å². The van der Waals surface area contributed by atoms with Gasteiger partial charge in [-0.25, -0.2) is 0 Å². The van der Waals surface area contributed by atoms with Crippen LogP contribution in [0.1, 0.15) is 53.4 Å². The number of hydrogen-bond acceptors (Lipinski definition) is 4. The lowest BCUT2D eigenvalue weighted by Crippen LogP contribution is -2.29. The van der Waals surface area contributed by atoms with Gasteiger partial charge in [-0.2, -0.15) is 0 Å². The number of carbonyl (C=O) groups excluding carboxylic acids is 2. The zero-order valence-corrected chi connectivity index (χ0v) is 12.0. The van der Waals surface area contributed by atoms with Crippen molar-refractivity contribution in [2.45, 2.75) is 53.4 Å². The molecule has 0 amide bonds. The molecule has 0 aromatic heterocycles. The minimum atomic E-state index is -0.367. The van der Waals surface area contributed by atoms with Crippen molar-refractivity contribution in [3.8, 4) is 0 Å². The molecular weight excluding hydrogens is 232 g/mol. The standard InChI is InChI=1S/C14H26O4/c1-5-9-11(6-2)12(14(16)18-8-4)10-13(15)17-7-3/h11-12H,5-10H2,1-4H3. The number of carbonyl (C=O) groups is 2. The molecule has 0 rings (SSSR count). The van der Waals surface area contributed by atoms with Crippen LogP contribution in [-0.4, -0.2) is 25.2 Å². The molecule has 0 saturated heterocycles. The largest absolute Gasteiger partial charge is 0.466 e. The second-order valence-corrected chi connectivity index (χ2v) is 4.32. The Balaban J connectivity index is 4.68. The van der Waals surface area contributed by atoms with Gasteiger partial charge in [0, 0.05) is 0 Å². The normalized spacial score (nSPS) is 13.8. The van der Waals surface area contributed by atoms with Crippen molar-refractivity contribution < 1.29 is 19.1 Å². The summed E-state index contributed by atoms with van der Waals surface area (Å²) in [5.41, 5.74) is 0. The van der Waals surface area contributed by atoms with Crippen molar-refractivity contribution >= 4 is 11.9 Å². The Kier molecular flexibility index (Phi) is 9.33. The highest BCUT2D eigenvalue weighted by Gasteiger charge is 2.30. The van der Waals surface area contributed by atoms with E-state index >= 15 is 0 Å². The van der Waals surface area contributed by atoms with Gasteiger partial charge in [0.1, 0.15) is 0 Å². The zero-order valence-electron chi connectivity index (χ0n) is 12.0. The van der Waals surface area contributed by atoms with Crippen LogP contribution in [0.5, 0.6) is 0 Å². The van der Waals surface area contributed by atoms with Crippen molar-refractivity contribution in [3.63, 3.8) is 0 Å². The molecule has 0 bridgehead atoms. The van der Waals surface area contributed by atoms with Crippen LogP contribution in [-0.2, 0) is 19.1 Å². The topological polar surface area (TPSA) is 52.6 Å². The molecule has 0 aliphatic heterocycles. The van der Waals surface area contributed by atoms with E-state index in [4.69, 9.17) is 9.47 Å². The summed E-state index contributed by atoms with van der Waals surface area (Å²) in [7, 11) is 0. The third-order valence-electron chi connectivity index (χ3n) is 3.03. The monoisotopic (exact) mass is 258 g/mol. The first-order valence-electron chi connectivity index (χ1n) is 6.92. The van der Waals surface area contributed by atoms with E-state index in [2.05, 4.69) is 6.92 Å². The second-order valence-electron chi connectivity index (χ2n) is 4.32. The van der Waals surface area contributed by atoms with Crippen molar-refractivity contribution in [1.29, 1.82) is 0 Å². The Morgan fingerprint density at radius 1 is 1.00 bits per heavy atom. The Labute approximate surface area is 110 Å². The van der Waals surface area contributed by atoms with Gasteiger partial charge in [0.25, 0.3) is 0 Å². The summed E-state index contributed by atoms with van der Waals surface area (Å²) in [6.07, 6.45) is 2.93. The molecule has 4 heteroatoms. The Hall–Kier alpha value is -1.06. The lowest BCUT2D eigenvalue weighted by Gasteiger charge is -2.23. The third-order valence-corrected chi connectivity index (χ3v) is 3.03. The van der Waals surface area contributed by atoms with Gasteiger partial charge in [-0.1, -0.05) is 26.7 Å². The van der Waals surface area contributed by atoms with E-state index in [0.29, 0.717) is 13.2 Å². The van der Waals surface area contributed by atoms with Gasteiger partial charge in [-0.05, 0) is 26.2 Å². The van der Waals surface area contributed by atoms with E-state index in [-0.39, 0.29) is 30.2 Å². The van der Waals surface area contributed by atoms with Crippen LogP contribution in [0, 0.1) is 11.8 Å². The van der Waals surface area contributed by atoms with E-state index in [0.717, 1.165) is 19.3 Å². The first kappa shape index (κ1) is 16.9. The maximum atomic E-state index is 11.9. The molecule has 18 heavy (non-hydrogen) atoms. The Morgan fingerprint density at radius 3 is 2.06 bits per heavy atom. The summed E-state index contributed by atoms with van der Waals surface area (Å²) in [5.74, 6) is -0.761. The van der Waals surface area contributed by atoms with Crippen molar-refractivity contribution in [3.05, 3.63) is 0 Å². The van der Waals surface area contributed by atoms with Crippen LogP contribution in [0.2, 0.25) is 0 Å². The molecule has 106 valence electrons. The summed E-state index contributed by atoms with van der Waals surface area (Å²) in [4.78, 5) is 23.5. The summed E-state index contributed by atoms with van der Waals surface area (Å²) in [6, 6.07) is 0. The lowest BCUT2D eigenvalue weighted by atomic mass is 9.84. The quantitative estimate of drug-likeness (QED) is 0.597. The maximum absolute atomic E-state index is 11.9. The summed E-state index contributed by atoms with van der Waals surface area (Å²) in [6.45, 7) is 8.35. The molecule has 0 aromatic carbocycles. The van der Waals surface area contributed by atoms with Gasteiger partial charge in [0.05, 0.1) is 25.6 Å². The molecule has 0 radical (unpaired) electrons. The molecule has 0 fully saturated rings. The highest BCUT2D eigenvalue weighted by atomic mass is 16.5. The van der Waals surface area contributed by atoms with E-state index in [1.807, 2.05) is 6.92 Å². The molecular formula is C14H26O4. The predicted octanol–water partition coefficient (Wildman–Crippen LogP) is 2.95. The summed E-state index contributed by atoms with van der Waals surface area (Å²) < 4.78 is 9.99. The van der Waals surface area contributed by atoms with Crippen LogP contribution in [0.4, 0.5) is 0 Å². The van der Waals surface area contributed by atoms with Crippen LogP contribution in [0.25, 0.3) is 0 Å². The molecule has 0 aromatic rings. The van der Waals surface area contributed by atoms with E-state index < -0.39 is 0 Å². The van der Waals surface area contributed by atoms with E-state index in [1.165, 1.54) is 0 Å². The molecule has 0 heterocycles. The maximum Gasteiger partial charge on any atom is 0.309 e. The summed E-state index contributed by atoms with van der Waals surface area (Å²) >= 11 is 0. The minimum absolute atomic E-state index is 0.130. The molecule has 0 saturated carbocycles. The van der Waals surface area contributed by atoms with Gasteiger partial charge in [-0.3, -0.25) is 9.59 Å². The smallest absolute Gasteiger partial charge is 0.309 e. The minimum Gasteiger partial charge on any atom is -0.466 e. The number of hydrogen-bond donors (Lipinski definition) is 0. The van der Waals surface area contributed by atoms with Crippen molar-refractivity contribution in [2.24, 2.45) is 11.8 Å². The molecule has 0 spiro atoms. The SMILES string of the molecule is CCCC(CC)C(CC(=O)OCC)C(=O)OCC. The molecule has 2 atom stereocenters. The highest BCUT2D eigenvalue weighted by Crippen LogP contribution is 2.26. The number of ether oxygens (including phenoxy) is 2. The van der Waals surface area contributed by atoms with Crippen LogP contribution < -0.4 is 0 Å². The van der Waals surface area contributed by atoms with Gasteiger partial charge in [0.15, 0.2) is 0 Å². The van der Waals surface area contributed by atoms with Crippen molar-refractivity contribution in [2.75, 3.05) is 13.2 Å².